The van der Waals surface area contributed by atoms with Crippen LogP contribution in [0.15, 0.2) is 497 Å². The van der Waals surface area contributed by atoms with Gasteiger partial charge >= 0.3 is 0 Å². The first-order valence-electron chi connectivity index (χ1n) is 47.5. The van der Waals surface area contributed by atoms with Crippen LogP contribution >= 0.6 is 0 Å². The molecule has 0 saturated heterocycles. The van der Waals surface area contributed by atoms with Crippen molar-refractivity contribution in [1.29, 1.82) is 0 Å². The van der Waals surface area contributed by atoms with Crippen molar-refractivity contribution in [3.8, 4) is 131 Å². The zero-order valence-corrected chi connectivity index (χ0v) is 76.2. The second-order valence-corrected chi connectivity index (χ2v) is 35.4. The van der Waals surface area contributed by atoms with Gasteiger partial charge in [-0.25, -0.2) is 15.0 Å². The van der Waals surface area contributed by atoms with Gasteiger partial charge in [0.05, 0.1) is 33.1 Å². The fourth-order valence-electron chi connectivity index (χ4n) is 20.5. The number of benzene rings is 22. The van der Waals surface area contributed by atoms with Crippen molar-refractivity contribution in [1.82, 2.24) is 58.6 Å². The van der Waals surface area contributed by atoms with E-state index >= 15 is 0 Å². The molecule has 0 atom stereocenters. The Balaban J connectivity index is 0.000000109. The second-order valence-electron chi connectivity index (χ2n) is 35.4. The van der Waals surface area contributed by atoms with Gasteiger partial charge in [0.1, 0.15) is 0 Å². The third-order valence-corrected chi connectivity index (χ3v) is 27.1. The summed E-state index contributed by atoms with van der Waals surface area (Å²) in [6.07, 6.45) is 0. The smallest absolute Gasteiger partial charge is 0.238 e. The SMILES string of the molecule is c1ccc(-c2ccc(-c3nc(-c4cc(-c5ccccc5)cc(-c5ccccc5)c4)nc(-n4c5ccccc5c5ccccc54)n3)cc2)cc1.c1ccc(-c2nc(-c3ccc4c5ccccc5c5ccccc5c4c3)nc(-n3c4ccccc4c4ccccc43)n2)cc1.c1ccc(-c2nc(-c3cccc(-c4ccc5c6ccccc6c6ccccc6c5c4)c3)nc(-n3c4ccccc4c4ccccc43)n2)cc1. The summed E-state index contributed by atoms with van der Waals surface area (Å²) in [7, 11) is 0. The monoisotopic (exact) mass is 1800 g/mol. The molecule has 0 unspecified atom stereocenters. The minimum absolute atomic E-state index is 0.580. The van der Waals surface area contributed by atoms with E-state index in [0.29, 0.717) is 52.8 Å². The first-order valence-corrected chi connectivity index (χ1v) is 47.5. The van der Waals surface area contributed by atoms with E-state index < -0.39 is 0 Å². The van der Waals surface area contributed by atoms with E-state index in [-0.39, 0.29) is 0 Å². The molecule has 658 valence electrons. The molecule has 12 nitrogen and oxygen atoms in total. The number of rotatable bonds is 13. The van der Waals surface area contributed by atoms with Gasteiger partial charge < -0.3 is 0 Å². The minimum Gasteiger partial charge on any atom is -0.278 e. The van der Waals surface area contributed by atoms with Crippen LogP contribution in [0.4, 0.5) is 0 Å². The summed E-state index contributed by atoms with van der Waals surface area (Å²) in [6, 6.07) is 174. The average Bonchev–Trinajstić information content (AvgIpc) is 1.74. The molecule has 28 rings (SSSR count). The summed E-state index contributed by atoms with van der Waals surface area (Å²) < 4.78 is 6.48. The maximum atomic E-state index is 5.25. The minimum atomic E-state index is 0.580. The van der Waals surface area contributed by atoms with Crippen molar-refractivity contribution >= 4 is 130 Å². The maximum absolute atomic E-state index is 5.25. The van der Waals surface area contributed by atoms with E-state index in [9.17, 15) is 0 Å². The summed E-state index contributed by atoms with van der Waals surface area (Å²) in [6.45, 7) is 0. The van der Waals surface area contributed by atoms with Crippen molar-refractivity contribution < 1.29 is 0 Å². The first kappa shape index (κ1) is 82.5. The Kier molecular flexibility index (Phi) is 20.6. The Hall–Kier alpha value is -19.2. The van der Waals surface area contributed by atoms with E-state index in [1.165, 1.54) is 91.7 Å². The largest absolute Gasteiger partial charge is 0.278 e. The van der Waals surface area contributed by atoms with Crippen LogP contribution in [-0.4, -0.2) is 58.6 Å². The Morgan fingerprint density at radius 2 is 0.277 bits per heavy atom. The molecule has 0 amide bonds. The zero-order chi connectivity index (χ0) is 93.2. The fourth-order valence-corrected chi connectivity index (χ4v) is 20.5. The molecule has 22 aromatic carbocycles. The predicted molar refractivity (Wildman–Crippen MR) is 582 cm³/mol. The van der Waals surface area contributed by atoms with Crippen molar-refractivity contribution in [2.24, 2.45) is 0 Å². The van der Waals surface area contributed by atoms with Crippen molar-refractivity contribution in [2.45, 2.75) is 0 Å². The van der Waals surface area contributed by atoms with Gasteiger partial charge in [0.15, 0.2) is 34.9 Å². The molecule has 0 bridgehead atoms. The van der Waals surface area contributed by atoms with Gasteiger partial charge in [-0.2, -0.15) is 29.9 Å². The van der Waals surface area contributed by atoms with Crippen LogP contribution < -0.4 is 0 Å². The van der Waals surface area contributed by atoms with E-state index in [2.05, 4.69) is 444 Å². The van der Waals surface area contributed by atoms with Crippen LogP contribution in [0.25, 0.3) is 261 Å². The van der Waals surface area contributed by atoms with E-state index in [0.717, 1.165) is 116 Å². The van der Waals surface area contributed by atoms with Gasteiger partial charge in [-0.1, -0.05) is 425 Å². The molecule has 0 N–H and O–H groups in total. The van der Waals surface area contributed by atoms with Crippen LogP contribution in [-0.2, 0) is 0 Å². The lowest BCUT2D eigenvalue weighted by Crippen LogP contribution is -2.06. The molecule has 0 saturated carbocycles. The molecule has 6 aromatic heterocycles. The number of hydrogen-bond donors (Lipinski definition) is 0. The van der Waals surface area contributed by atoms with E-state index in [1.54, 1.807) is 0 Å². The highest BCUT2D eigenvalue weighted by Crippen LogP contribution is 2.44. The zero-order valence-electron chi connectivity index (χ0n) is 76.2. The molecular formula is C129H82N12. The van der Waals surface area contributed by atoms with Gasteiger partial charge in [-0.05, 0) is 182 Å². The van der Waals surface area contributed by atoms with Crippen LogP contribution in [0.2, 0.25) is 0 Å². The number of para-hydroxylation sites is 6. The number of fused-ring (bicyclic) bond motifs is 21. The van der Waals surface area contributed by atoms with E-state index in [1.807, 2.05) is 66.7 Å². The topological polar surface area (TPSA) is 131 Å². The first-order chi connectivity index (χ1) is 69.9. The molecule has 0 aliphatic heterocycles. The maximum Gasteiger partial charge on any atom is 0.238 e. The number of nitrogens with zero attached hydrogens (tertiary/aromatic N) is 12. The molecule has 141 heavy (non-hydrogen) atoms. The third-order valence-electron chi connectivity index (χ3n) is 27.1. The van der Waals surface area contributed by atoms with Gasteiger partial charge in [0.25, 0.3) is 0 Å². The molecule has 0 fully saturated rings. The second kappa shape index (κ2) is 35.3. The van der Waals surface area contributed by atoms with Crippen LogP contribution in [0.1, 0.15) is 0 Å². The number of hydrogen-bond acceptors (Lipinski definition) is 9. The lowest BCUT2D eigenvalue weighted by molar-refractivity contribution is 0.953. The number of aromatic nitrogens is 12. The molecule has 0 spiro atoms. The molecule has 12 heteroatoms. The molecule has 6 heterocycles. The van der Waals surface area contributed by atoms with Crippen LogP contribution in [0.3, 0.4) is 0 Å². The summed E-state index contributed by atoms with van der Waals surface area (Å²) in [5, 5.41) is 22.0. The summed E-state index contributed by atoms with van der Waals surface area (Å²) in [4.78, 5) is 46.2. The van der Waals surface area contributed by atoms with Crippen molar-refractivity contribution in [3.05, 3.63) is 497 Å². The van der Waals surface area contributed by atoms with Gasteiger partial charge in [-0.3, -0.25) is 13.7 Å². The predicted octanol–water partition coefficient (Wildman–Crippen LogP) is 32.5. The lowest BCUT2D eigenvalue weighted by Gasteiger charge is -2.13. The van der Waals surface area contributed by atoms with Crippen LogP contribution in [0.5, 0.6) is 0 Å². The fraction of sp³-hybridized carbons (Fsp3) is 0. The molecule has 0 radical (unpaired) electrons. The highest BCUT2D eigenvalue weighted by Gasteiger charge is 2.25. The Bertz CT molecular complexity index is 9460. The van der Waals surface area contributed by atoms with Gasteiger partial charge in [0, 0.05) is 65.7 Å². The summed E-state index contributed by atoms with van der Waals surface area (Å²) in [5.74, 6) is 5.56. The van der Waals surface area contributed by atoms with Crippen molar-refractivity contribution in [3.63, 3.8) is 0 Å². The molecule has 0 aliphatic rings. The van der Waals surface area contributed by atoms with E-state index in [4.69, 9.17) is 44.9 Å². The quantitative estimate of drug-likeness (QED) is 0.104. The van der Waals surface area contributed by atoms with Crippen molar-refractivity contribution in [2.75, 3.05) is 0 Å². The average molecular weight is 1800 g/mol. The Labute approximate surface area is 811 Å². The highest BCUT2D eigenvalue weighted by molar-refractivity contribution is 6.27. The van der Waals surface area contributed by atoms with Gasteiger partial charge in [0.2, 0.25) is 17.8 Å². The Morgan fingerprint density at radius 3 is 0.603 bits per heavy atom. The Morgan fingerprint density at radius 1 is 0.0993 bits per heavy atom. The molecular weight excluding hydrogens is 1720 g/mol. The summed E-state index contributed by atoms with van der Waals surface area (Å²) in [5.41, 5.74) is 21.0. The third kappa shape index (κ3) is 15.0. The van der Waals surface area contributed by atoms with Crippen LogP contribution in [0, 0.1) is 0 Å². The standard InChI is InChI=1S/C45H28N4.C45H30N4.C39H24N4/c1-2-13-29(14-3-1)43-46-44(48-45(47-43)49-41-23-10-8-21-38(41)39-22-9-11-24-42(39)49)32-16-12-15-30(27-32)31-25-26-37-35-19-5-4-17-33(35)34-18-6-7-20-36(34)40(37)28-31;1-4-14-31(15-5-1)34-24-26-35(27-25-34)43-46-44(48-45(47-43)49-41-22-12-10-20-39(41)40-21-11-13-23-42(40)49)38-29-36(32-16-6-2-7-17-32)28-37(30-38)33-18-8-3-9-19-33;1-2-12-25(13-3-1)37-40-38(42-39(41-37)43-35-20-10-8-18-32(35)33-19-9-11-21-36(33)43)26-22-23-31-29-16-5-4-14-27(29)28-15-6-7-17-30(28)34(31)24-26/h1-28H;1-30H;1-24H. The lowest BCUT2D eigenvalue weighted by atomic mass is 9.92. The molecule has 0 aliphatic carbocycles. The van der Waals surface area contributed by atoms with Gasteiger partial charge in [-0.15, -0.1) is 0 Å². The highest BCUT2D eigenvalue weighted by atomic mass is 15.2. The summed E-state index contributed by atoms with van der Waals surface area (Å²) >= 11 is 0. The normalized spacial score (nSPS) is 11.5. The molecule has 28 aromatic rings.